The maximum atomic E-state index is 12.7. The van der Waals surface area contributed by atoms with Gasteiger partial charge in [-0.25, -0.2) is 4.39 Å². The highest BCUT2D eigenvalue weighted by molar-refractivity contribution is 6.20. The van der Waals surface area contributed by atoms with Gasteiger partial charge in [-0.3, -0.25) is 0 Å². The monoisotopic (exact) mass is 188 g/mol. The van der Waals surface area contributed by atoms with Gasteiger partial charge in [0, 0.05) is 5.56 Å². The van der Waals surface area contributed by atoms with E-state index in [0.717, 1.165) is 0 Å². The lowest BCUT2D eigenvalue weighted by Gasteiger charge is -2.09. The Morgan fingerprint density at radius 1 is 1.50 bits per heavy atom. The molecule has 3 heteroatoms. The minimum atomic E-state index is -0.293. The smallest absolute Gasteiger partial charge is 0.123 e. The molecule has 0 N–H and O–H groups in total. The molecule has 0 heterocycles. The molecule has 1 rings (SSSR count). The Morgan fingerprint density at radius 2 is 2.17 bits per heavy atom. The summed E-state index contributed by atoms with van der Waals surface area (Å²) in [7, 11) is 1.54. The van der Waals surface area contributed by atoms with Crippen molar-refractivity contribution in [2.24, 2.45) is 0 Å². The second-order valence-electron chi connectivity index (χ2n) is 2.50. The standard InChI is InChI=1S/C9H10ClFO/c1-6(10)8-5-7(11)3-4-9(8)12-2/h3-6H,1-2H3. The third-order valence-electron chi connectivity index (χ3n) is 1.62. The number of halogens is 2. The van der Waals surface area contributed by atoms with Crippen LogP contribution in [0.4, 0.5) is 4.39 Å². The Bertz CT molecular complexity index is 273. The van der Waals surface area contributed by atoms with E-state index < -0.39 is 0 Å². The lowest BCUT2D eigenvalue weighted by molar-refractivity contribution is 0.408. The molecule has 0 aromatic heterocycles. The van der Waals surface area contributed by atoms with Crippen molar-refractivity contribution in [1.82, 2.24) is 0 Å². The molecule has 0 saturated heterocycles. The van der Waals surface area contributed by atoms with E-state index in [0.29, 0.717) is 11.3 Å². The highest BCUT2D eigenvalue weighted by Crippen LogP contribution is 2.29. The van der Waals surface area contributed by atoms with Crippen LogP contribution in [0.2, 0.25) is 0 Å². The molecule has 0 spiro atoms. The van der Waals surface area contributed by atoms with Gasteiger partial charge in [-0.1, -0.05) is 0 Å². The van der Waals surface area contributed by atoms with Gasteiger partial charge in [-0.2, -0.15) is 0 Å². The number of ether oxygens (including phenoxy) is 1. The zero-order valence-electron chi connectivity index (χ0n) is 6.97. The Labute approximate surface area is 76.1 Å². The summed E-state index contributed by atoms with van der Waals surface area (Å²) in [6.45, 7) is 1.78. The lowest BCUT2D eigenvalue weighted by atomic mass is 10.1. The molecule has 0 aliphatic heterocycles. The van der Waals surface area contributed by atoms with Crippen molar-refractivity contribution in [3.63, 3.8) is 0 Å². The van der Waals surface area contributed by atoms with Crippen molar-refractivity contribution in [1.29, 1.82) is 0 Å². The van der Waals surface area contributed by atoms with Crippen LogP contribution in [0.25, 0.3) is 0 Å². The molecule has 1 atom stereocenters. The Hall–Kier alpha value is -0.760. The number of benzene rings is 1. The number of alkyl halides is 1. The van der Waals surface area contributed by atoms with Crippen molar-refractivity contribution in [2.75, 3.05) is 7.11 Å². The van der Waals surface area contributed by atoms with Gasteiger partial charge in [-0.15, -0.1) is 11.6 Å². The van der Waals surface area contributed by atoms with Crippen molar-refractivity contribution >= 4 is 11.6 Å². The van der Waals surface area contributed by atoms with Crippen LogP contribution in [0, 0.1) is 5.82 Å². The molecular weight excluding hydrogens is 179 g/mol. The molecular formula is C9H10ClFO. The molecule has 1 unspecified atom stereocenters. The van der Waals surface area contributed by atoms with Crippen LogP contribution < -0.4 is 4.74 Å². The van der Waals surface area contributed by atoms with Gasteiger partial charge in [0.05, 0.1) is 12.5 Å². The van der Waals surface area contributed by atoms with E-state index in [-0.39, 0.29) is 11.2 Å². The van der Waals surface area contributed by atoms with Crippen LogP contribution in [-0.2, 0) is 0 Å². The molecule has 1 aromatic rings. The van der Waals surface area contributed by atoms with Gasteiger partial charge in [0.15, 0.2) is 0 Å². The van der Waals surface area contributed by atoms with Crippen LogP contribution in [0.5, 0.6) is 5.75 Å². The lowest BCUT2D eigenvalue weighted by Crippen LogP contribution is -1.93. The first-order valence-electron chi connectivity index (χ1n) is 3.62. The van der Waals surface area contributed by atoms with Gasteiger partial charge in [0.25, 0.3) is 0 Å². The summed E-state index contributed by atoms with van der Waals surface area (Å²) in [5.74, 6) is 0.331. The molecule has 1 nitrogen and oxygen atoms in total. The second-order valence-corrected chi connectivity index (χ2v) is 3.16. The van der Waals surface area contributed by atoms with E-state index >= 15 is 0 Å². The average molecular weight is 189 g/mol. The van der Waals surface area contributed by atoms with Crippen molar-refractivity contribution < 1.29 is 9.13 Å². The third-order valence-corrected chi connectivity index (χ3v) is 1.86. The number of hydrogen-bond acceptors (Lipinski definition) is 1. The van der Waals surface area contributed by atoms with Gasteiger partial charge < -0.3 is 4.74 Å². The van der Waals surface area contributed by atoms with E-state index in [1.54, 1.807) is 13.0 Å². The summed E-state index contributed by atoms with van der Waals surface area (Å²) in [6, 6.07) is 4.31. The molecule has 0 aliphatic carbocycles. The molecule has 0 saturated carbocycles. The Morgan fingerprint density at radius 3 is 2.67 bits per heavy atom. The topological polar surface area (TPSA) is 9.23 Å². The molecule has 1 aromatic carbocycles. The fourth-order valence-electron chi connectivity index (χ4n) is 1.02. The van der Waals surface area contributed by atoms with E-state index in [4.69, 9.17) is 16.3 Å². The molecule has 0 aliphatic rings. The molecule has 0 radical (unpaired) electrons. The number of methoxy groups -OCH3 is 1. The normalized spacial score (nSPS) is 12.7. The van der Waals surface area contributed by atoms with Crippen LogP contribution >= 0.6 is 11.6 Å². The van der Waals surface area contributed by atoms with Crippen molar-refractivity contribution in [3.8, 4) is 5.75 Å². The van der Waals surface area contributed by atoms with Gasteiger partial charge >= 0.3 is 0 Å². The van der Waals surface area contributed by atoms with Crippen LogP contribution in [0.15, 0.2) is 18.2 Å². The quantitative estimate of drug-likeness (QED) is 0.648. The van der Waals surface area contributed by atoms with Gasteiger partial charge in [0.1, 0.15) is 11.6 Å². The summed E-state index contributed by atoms with van der Waals surface area (Å²) < 4.78 is 17.7. The van der Waals surface area contributed by atoms with Gasteiger partial charge in [-0.05, 0) is 25.1 Å². The highest BCUT2D eigenvalue weighted by atomic mass is 35.5. The second kappa shape index (κ2) is 3.76. The zero-order chi connectivity index (χ0) is 9.14. The van der Waals surface area contributed by atoms with E-state index in [2.05, 4.69) is 0 Å². The minimum Gasteiger partial charge on any atom is -0.496 e. The first kappa shape index (κ1) is 9.33. The molecule has 0 amide bonds. The number of hydrogen-bond donors (Lipinski definition) is 0. The fraction of sp³-hybridized carbons (Fsp3) is 0.333. The Balaban J connectivity index is 3.12. The first-order chi connectivity index (χ1) is 5.65. The number of rotatable bonds is 2. The minimum absolute atomic E-state index is 0.240. The summed E-state index contributed by atoms with van der Waals surface area (Å²) in [5, 5.41) is -0.240. The largest absolute Gasteiger partial charge is 0.496 e. The third kappa shape index (κ3) is 1.89. The van der Waals surface area contributed by atoms with Crippen LogP contribution in [-0.4, -0.2) is 7.11 Å². The predicted molar refractivity (Wildman–Crippen MR) is 47.2 cm³/mol. The molecule has 0 bridgehead atoms. The predicted octanol–water partition coefficient (Wildman–Crippen LogP) is 3.13. The molecule has 66 valence electrons. The van der Waals surface area contributed by atoms with Crippen molar-refractivity contribution in [2.45, 2.75) is 12.3 Å². The van der Waals surface area contributed by atoms with E-state index in [1.165, 1.54) is 19.2 Å². The van der Waals surface area contributed by atoms with Crippen LogP contribution in [0.1, 0.15) is 17.9 Å². The Kier molecular flexibility index (Phi) is 2.93. The highest BCUT2D eigenvalue weighted by Gasteiger charge is 2.09. The maximum absolute atomic E-state index is 12.7. The van der Waals surface area contributed by atoms with E-state index in [1.807, 2.05) is 0 Å². The SMILES string of the molecule is COc1ccc(F)cc1C(C)Cl. The summed E-state index contributed by atoms with van der Waals surface area (Å²) >= 11 is 5.81. The zero-order valence-corrected chi connectivity index (χ0v) is 7.73. The maximum Gasteiger partial charge on any atom is 0.123 e. The summed E-state index contributed by atoms with van der Waals surface area (Å²) in [5.41, 5.74) is 0.680. The fourth-order valence-corrected chi connectivity index (χ4v) is 1.19. The van der Waals surface area contributed by atoms with Gasteiger partial charge in [0.2, 0.25) is 0 Å². The molecule has 0 fully saturated rings. The average Bonchev–Trinajstić information content (AvgIpc) is 2.04. The molecule has 12 heavy (non-hydrogen) atoms. The van der Waals surface area contributed by atoms with Crippen LogP contribution in [0.3, 0.4) is 0 Å². The van der Waals surface area contributed by atoms with Crippen molar-refractivity contribution in [3.05, 3.63) is 29.6 Å². The summed E-state index contributed by atoms with van der Waals surface area (Å²) in [4.78, 5) is 0. The summed E-state index contributed by atoms with van der Waals surface area (Å²) in [6.07, 6.45) is 0. The van der Waals surface area contributed by atoms with E-state index in [9.17, 15) is 4.39 Å². The first-order valence-corrected chi connectivity index (χ1v) is 4.06.